The maximum atomic E-state index is 11.9. The lowest BCUT2D eigenvalue weighted by atomic mass is 10.3. The van der Waals surface area contributed by atoms with Crippen LogP contribution in [0.25, 0.3) is 0 Å². The van der Waals surface area contributed by atoms with Crippen molar-refractivity contribution in [3.8, 4) is 0 Å². The number of pyridine rings is 1. The van der Waals surface area contributed by atoms with Crippen LogP contribution in [0.3, 0.4) is 0 Å². The van der Waals surface area contributed by atoms with E-state index in [0.717, 1.165) is 18.7 Å². The Morgan fingerprint density at radius 3 is 2.68 bits per heavy atom. The Morgan fingerprint density at radius 2 is 2.05 bits per heavy atom. The summed E-state index contributed by atoms with van der Waals surface area (Å²) in [6.45, 7) is 6.82. The average molecular weight is 285 g/mol. The van der Waals surface area contributed by atoms with Crippen molar-refractivity contribution in [3.63, 3.8) is 0 Å². The summed E-state index contributed by atoms with van der Waals surface area (Å²) in [5.74, 6) is 0.147. The third kappa shape index (κ3) is 7.12. The van der Waals surface area contributed by atoms with E-state index in [1.165, 1.54) is 0 Å². The minimum absolute atomic E-state index is 0.147. The van der Waals surface area contributed by atoms with Gasteiger partial charge in [0.2, 0.25) is 10.0 Å². The zero-order valence-corrected chi connectivity index (χ0v) is 12.6. The van der Waals surface area contributed by atoms with Gasteiger partial charge in [-0.2, -0.15) is 0 Å². The predicted molar refractivity (Wildman–Crippen MR) is 78.8 cm³/mol. The lowest BCUT2D eigenvalue weighted by molar-refractivity contribution is 0.561. The van der Waals surface area contributed by atoms with Gasteiger partial charge >= 0.3 is 0 Å². The van der Waals surface area contributed by atoms with E-state index in [9.17, 15) is 8.42 Å². The molecule has 0 saturated heterocycles. The highest BCUT2D eigenvalue weighted by atomic mass is 32.2. The lowest BCUT2D eigenvalue weighted by Crippen LogP contribution is -2.24. The second-order valence-electron chi connectivity index (χ2n) is 4.92. The number of rotatable bonds is 8. The van der Waals surface area contributed by atoms with Crippen molar-refractivity contribution in [1.29, 1.82) is 0 Å². The van der Waals surface area contributed by atoms with Crippen LogP contribution in [-0.2, 0) is 10.0 Å². The van der Waals surface area contributed by atoms with Crippen molar-refractivity contribution in [3.05, 3.63) is 24.0 Å². The summed E-state index contributed by atoms with van der Waals surface area (Å²) < 4.78 is 26.3. The first-order chi connectivity index (χ1) is 8.89. The van der Waals surface area contributed by atoms with Crippen LogP contribution in [0.2, 0.25) is 0 Å². The molecule has 0 aromatic carbocycles. The van der Waals surface area contributed by atoms with Crippen molar-refractivity contribution < 1.29 is 8.42 Å². The van der Waals surface area contributed by atoms with Crippen molar-refractivity contribution in [2.24, 2.45) is 0 Å². The molecule has 0 bridgehead atoms. The monoisotopic (exact) mass is 285 g/mol. The van der Waals surface area contributed by atoms with Crippen molar-refractivity contribution in [1.82, 2.24) is 10.3 Å². The summed E-state index contributed by atoms with van der Waals surface area (Å²) in [6.07, 6.45) is 3.10. The fraction of sp³-hybridized carbons (Fsp3) is 0.615. The standard InChI is InChI=1S/C13H23N3O2S/c1-11(2)14-7-4-5-9-19(17,18)16-13-6-8-15-12(3)10-13/h6,8,10-11,14H,4-5,7,9H2,1-3H3,(H,15,16). The van der Waals surface area contributed by atoms with Crippen LogP contribution in [0, 0.1) is 6.92 Å². The second kappa shape index (κ2) is 7.45. The number of aryl methyl sites for hydroxylation is 1. The molecule has 0 aliphatic carbocycles. The Bertz CT molecular complexity index is 486. The van der Waals surface area contributed by atoms with Crippen LogP contribution in [-0.4, -0.2) is 31.7 Å². The molecule has 19 heavy (non-hydrogen) atoms. The maximum Gasteiger partial charge on any atom is 0.232 e. The molecule has 5 nitrogen and oxygen atoms in total. The Labute approximate surface area is 115 Å². The van der Waals surface area contributed by atoms with E-state index in [1.807, 2.05) is 6.92 Å². The van der Waals surface area contributed by atoms with Crippen molar-refractivity contribution >= 4 is 15.7 Å². The van der Waals surface area contributed by atoms with E-state index < -0.39 is 10.0 Å². The van der Waals surface area contributed by atoms with E-state index in [1.54, 1.807) is 18.3 Å². The summed E-state index contributed by atoms with van der Waals surface area (Å²) >= 11 is 0. The molecule has 6 heteroatoms. The molecule has 2 N–H and O–H groups in total. The molecule has 0 spiro atoms. The third-order valence-corrected chi connectivity index (χ3v) is 3.94. The highest BCUT2D eigenvalue weighted by Gasteiger charge is 2.10. The van der Waals surface area contributed by atoms with Gasteiger partial charge in [0.15, 0.2) is 0 Å². The molecule has 0 fully saturated rings. The summed E-state index contributed by atoms with van der Waals surface area (Å²) in [6, 6.07) is 3.82. The summed E-state index contributed by atoms with van der Waals surface area (Å²) in [5, 5.41) is 3.27. The molecule has 0 unspecified atom stereocenters. The number of sulfonamides is 1. The van der Waals surface area contributed by atoms with Gasteiger partial charge in [-0.05, 0) is 38.4 Å². The molecule has 0 aliphatic rings. The van der Waals surface area contributed by atoms with Gasteiger partial charge in [0.25, 0.3) is 0 Å². The molecule has 0 aliphatic heterocycles. The highest BCUT2D eigenvalue weighted by Crippen LogP contribution is 2.10. The third-order valence-electron chi connectivity index (χ3n) is 2.56. The average Bonchev–Trinajstić information content (AvgIpc) is 2.27. The summed E-state index contributed by atoms with van der Waals surface area (Å²) in [5.41, 5.74) is 1.37. The fourth-order valence-corrected chi connectivity index (χ4v) is 2.82. The molecular weight excluding hydrogens is 262 g/mol. The summed E-state index contributed by atoms with van der Waals surface area (Å²) in [4.78, 5) is 4.03. The van der Waals surface area contributed by atoms with E-state index in [-0.39, 0.29) is 5.75 Å². The minimum atomic E-state index is -3.26. The highest BCUT2D eigenvalue weighted by molar-refractivity contribution is 7.92. The smallest absolute Gasteiger partial charge is 0.232 e. The van der Waals surface area contributed by atoms with Gasteiger partial charge in [0.1, 0.15) is 0 Å². The van der Waals surface area contributed by atoms with Crippen LogP contribution >= 0.6 is 0 Å². The molecule has 1 aromatic heterocycles. The number of nitrogens with one attached hydrogen (secondary N) is 2. The van der Waals surface area contributed by atoms with Gasteiger partial charge < -0.3 is 5.32 Å². The normalized spacial score (nSPS) is 11.8. The summed E-state index contributed by atoms with van der Waals surface area (Å²) in [7, 11) is -3.26. The van der Waals surface area contributed by atoms with Crippen LogP contribution in [0.15, 0.2) is 18.3 Å². The molecular formula is C13H23N3O2S. The SMILES string of the molecule is Cc1cc(NS(=O)(=O)CCCCNC(C)C)ccn1. The van der Waals surface area contributed by atoms with E-state index >= 15 is 0 Å². The quantitative estimate of drug-likeness (QED) is 0.716. The van der Waals surface area contributed by atoms with E-state index in [0.29, 0.717) is 18.2 Å². The van der Waals surface area contributed by atoms with Crippen molar-refractivity contribution in [2.75, 3.05) is 17.0 Å². The Balaban J connectivity index is 2.36. The largest absolute Gasteiger partial charge is 0.315 e. The molecule has 0 amide bonds. The Kier molecular flexibility index (Phi) is 6.24. The zero-order chi connectivity index (χ0) is 14.3. The molecule has 0 saturated carbocycles. The van der Waals surface area contributed by atoms with E-state index in [4.69, 9.17) is 0 Å². The number of nitrogens with zero attached hydrogens (tertiary/aromatic N) is 1. The molecule has 108 valence electrons. The first-order valence-electron chi connectivity index (χ1n) is 6.55. The molecule has 0 atom stereocenters. The number of unbranched alkanes of at least 4 members (excludes halogenated alkanes) is 1. The lowest BCUT2D eigenvalue weighted by Gasteiger charge is -2.09. The second-order valence-corrected chi connectivity index (χ2v) is 6.76. The molecule has 1 rings (SSSR count). The van der Waals surface area contributed by atoms with Crippen LogP contribution in [0.5, 0.6) is 0 Å². The number of hydrogen-bond acceptors (Lipinski definition) is 4. The van der Waals surface area contributed by atoms with Gasteiger partial charge in [-0.25, -0.2) is 8.42 Å². The van der Waals surface area contributed by atoms with Gasteiger partial charge in [-0.1, -0.05) is 13.8 Å². The Morgan fingerprint density at radius 1 is 1.32 bits per heavy atom. The minimum Gasteiger partial charge on any atom is -0.315 e. The van der Waals surface area contributed by atoms with E-state index in [2.05, 4.69) is 28.9 Å². The molecule has 1 aromatic rings. The van der Waals surface area contributed by atoms with Gasteiger partial charge in [-0.3, -0.25) is 9.71 Å². The zero-order valence-electron chi connectivity index (χ0n) is 11.8. The topological polar surface area (TPSA) is 71.1 Å². The Hall–Kier alpha value is -1.14. The van der Waals surface area contributed by atoms with Gasteiger partial charge in [-0.15, -0.1) is 0 Å². The predicted octanol–water partition coefficient (Wildman–Crippen LogP) is 1.91. The fourth-order valence-electron chi connectivity index (χ4n) is 1.65. The number of hydrogen-bond donors (Lipinski definition) is 2. The molecule has 0 radical (unpaired) electrons. The molecule has 1 heterocycles. The van der Waals surface area contributed by atoms with Gasteiger partial charge in [0, 0.05) is 17.9 Å². The van der Waals surface area contributed by atoms with Crippen molar-refractivity contribution in [2.45, 2.75) is 39.7 Å². The first-order valence-corrected chi connectivity index (χ1v) is 8.21. The number of aromatic nitrogens is 1. The maximum absolute atomic E-state index is 11.9. The van der Waals surface area contributed by atoms with Gasteiger partial charge in [0.05, 0.1) is 11.4 Å². The first kappa shape index (κ1) is 15.9. The number of anilines is 1. The van der Waals surface area contributed by atoms with Crippen LogP contribution in [0.1, 0.15) is 32.4 Å². The van der Waals surface area contributed by atoms with Crippen LogP contribution in [0.4, 0.5) is 5.69 Å². The van der Waals surface area contributed by atoms with Crippen LogP contribution < -0.4 is 10.0 Å².